The van der Waals surface area contributed by atoms with Gasteiger partial charge in [-0.2, -0.15) is 0 Å². The van der Waals surface area contributed by atoms with Crippen LogP contribution in [0.5, 0.6) is 0 Å². The number of piperidine rings is 1. The van der Waals surface area contributed by atoms with E-state index in [9.17, 15) is 14.7 Å². The van der Waals surface area contributed by atoms with Crippen LogP contribution in [0.3, 0.4) is 0 Å². The summed E-state index contributed by atoms with van der Waals surface area (Å²) in [6.07, 6.45) is 2.72. The fraction of sp³-hybridized carbons (Fsp3) is 0.857. The minimum Gasteiger partial charge on any atom is -0.480 e. The molecule has 0 bridgehead atoms. The lowest BCUT2D eigenvalue weighted by Gasteiger charge is -2.36. The minimum absolute atomic E-state index is 0.125. The Hall–Kier alpha value is -1.34. The van der Waals surface area contributed by atoms with Gasteiger partial charge in [0.2, 0.25) is 0 Å². The number of carbonyl (C=O) groups is 2. The molecule has 7 heteroatoms. The fourth-order valence-corrected chi connectivity index (χ4v) is 3.25. The maximum atomic E-state index is 12.6. The van der Waals surface area contributed by atoms with Gasteiger partial charge < -0.3 is 24.7 Å². The molecule has 0 aromatic carbocycles. The van der Waals surface area contributed by atoms with Crippen LogP contribution in [0.25, 0.3) is 0 Å². The summed E-state index contributed by atoms with van der Waals surface area (Å²) in [7, 11) is 1.54. The summed E-state index contributed by atoms with van der Waals surface area (Å²) in [5, 5.41) is 18.3. The number of urea groups is 1. The van der Waals surface area contributed by atoms with Gasteiger partial charge in [-0.15, -0.1) is 0 Å². The first-order chi connectivity index (χ1) is 10.1. The first-order valence-corrected chi connectivity index (χ1v) is 7.48. The number of nitrogens with zero attached hydrogens (tertiary/aromatic N) is 2. The van der Waals surface area contributed by atoms with Crippen molar-refractivity contribution in [1.82, 2.24) is 9.80 Å². The SMILES string of the molecule is COC1CC(C(=O)O)N(C(=O)N2CCCC(CCO)C2)C1. The maximum absolute atomic E-state index is 12.6. The largest absolute Gasteiger partial charge is 0.480 e. The Balaban J connectivity index is 2.02. The Morgan fingerprint density at radius 3 is 2.71 bits per heavy atom. The number of likely N-dealkylation sites (tertiary alicyclic amines) is 2. The number of aliphatic carboxylic acids is 1. The summed E-state index contributed by atoms with van der Waals surface area (Å²) < 4.78 is 5.21. The first kappa shape index (κ1) is 16.0. The zero-order valence-corrected chi connectivity index (χ0v) is 12.4. The smallest absolute Gasteiger partial charge is 0.326 e. The summed E-state index contributed by atoms with van der Waals surface area (Å²) in [6.45, 7) is 1.70. The molecule has 2 saturated heterocycles. The van der Waals surface area contributed by atoms with E-state index in [1.54, 1.807) is 4.90 Å². The van der Waals surface area contributed by atoms with Crippen molar-refractivity contribution < 1.29 is 24.5 Å². The molecule has 2 amide bonds. The van der Waals surface area contributed by atoms with Gasteiger partial charge in [0.05, 0.1) is 6.10 Å². The molecule has 21 heavy (non-hydrogen) atoms. The molecule has 2 rings (SSSR count). The second-order valence-corrected chi connectivity index (χ2v) is 5.85. The lowest BCUT2D eigenvalue weighted by molar-refractivity contribution is -0.141. The lowest BCUT2D eigenvalue weighted by atomic mass is 9.95. The van der Waals surface area contributed by atoms with Gasteiger partial charge in [0, 0.05) is 39.8 Å². The van der Waals surface area contributed by atoms with Crippen LogP contribution in [0.1, 0.15) is 25.7 Å². The Labute approximate surface area is 124 Å². The van der Waals surface area contributed by atoms with E-state index in [0.717, 1.165) is 12.8 Å². The molecule has 7 nitrogen and oxygen atoms in total. The van der Waals surface area contributed by atoms with E-state index in [1.807, 2.05) is 0 Å². The van der Waals surface area contributed by atoms with Crippen LogP contribution in [-0.4, -0.2) is 77.5 Å². The number of hydrogen-bond donors (Lipinski definition) is 2. The standard InChI is InChI=1S/C14H24N2O5/c1-21-11-7-12(13(18)19)16(9-11)14(20)15-5-2-3-10(8-15)4-6-17/h10-12,17H,2-9H2,1H3,(H,18,19). The van der Waals surface area contributed by atoms with E-state index in [2.05, 4.69) is 0 Å². The van der Waals surface area contributed by atoms with Gasteiger partial charge >= 0.3 is 12.0 Å². The molecule has 3 unspecified atom stereocenters. The van der Waals surface area contributed by atoms with Crippen molar-refractivity contribution in [1.29, 1.82) is 0 Å². The van der Waals surface area contributed by atoms with E-state index in [1.165, 1.54) is 12.0 Å². The third-order valence-electron chi connectivity index (χ3n) is 4.45. The Kier molecular flexibility index (Phi) is 5.41. The zero-order valence-electron chi connectivity index (χ0n) is 12.4. The van der Waals surface area contributed by atoms with Crippen LogP contribution < -0.4 is 0 Å². The Morgan fingerprint density at radius 2 is 2.10 bits per heavy atom. The molecule has 2 aliphatic heterocycles. The van der Waals surface area contributed by atoms with Gasteiger partial charge in [0.1, 0.15) is 6.04 Å². The average molecular weight is 300 g/mol. The number of methoxy groups -OCH3 is 1. The van der Waals surface area contributed by atoms with E-state index in [4.69, 9.17) is 9.84 Å². The van der Waals surface area contributed by atoms with E-state index in [-0.39, 0.29) is 18.7 Å². The molecule has 120 valence electrons. The van der Waals surface area contributed by atoms with Gasteiger partial charge in [-0.05, 0) is 25.2 Å². The average Bonchev–Trinajstić information content (AvgIpc) is 2.91. The van der Waals surface area contributed by atoms with Crippen molar-refractivity contribution in [2.45, 2.75) is 37.8 Å². The van der Waals surface area contributed by atoms with Crippen molar-refractivity contribution >= 4 is 12.0 Å². The number of amides is 2. The molecule has 2 N–H and O–H groups in total. The molecule has 0 aromatic heterocycles. The second kappa shape index (κ2) is 7.09. The lowest BCUT2D eigenvalue weighted by Crippen LogP contribution is -2.51. The number of carbonyl (C=O) groups excluding carboxylic acids is 1. The Bertz CT molecular complexity index is 388. The zero-order chi connectivity index (χ0) is 15.4. The van der Waals surface area contributed by atoms with Gasteiger partial charge in [-0.3, -0.25) is 0 Å². The van der Waals surface area contributed by atoms with Gasteiger partial charge in [-0.25, -0.2) is 9.59 Å². The first-order valence-electron chi connectivity index (χ1n) is 7.48. The van der Waals surface area contributed by atoms with Crippen LogP contribution in [-0.2, 0) is 9.53 Å². The number of rotatable bonds is 4. The monoisotopic (exact) mass is 300 g/mol. The van der Waals surface area contributed by atoms with E-state index in [0.29, 0.717) is 38.4 Å². The highest BCUT2D eigenvalue weighted by atomic mass is 16.5. The van der Waals surface area contributed by atoms with Crippen molar-refractivity contribution in [2.24, 2.45) is 5.92 Å². The van der Waals surface area contributed by atoms with Gasteiger partial charge in [0.25, 0.3) is 0 Å². The van der Waals surface area contributed by atoms with E-state index >= 15 is 0 Å². The molecule has 3 atom stereocenters. The van der Waals surface area contributed by atoms with Crippen LogP contribution in [0.2, 0.25) is 0 Å². The fourth-order valence-electron chi connectivity index (χ4n) is 3.25. The third kappa shape index (κ3) is 3.65. The molecular formula is C14H24N2O5. The quantitative estimate of drug-likeness (QED) is 0.783. The highest BCUT2D eigenvalue weighted by Crippen LogP contribution is 2.25. The molecule has 0 saturated carbocycles. The second-order valence-electron chi connectivity index (χ2n) is 5.85. The van der Waals surface area contributed by atoms with E-state index < -0.39 is 12.0 Å². The van der Waals surface area contributed by atoms with Crippen LogP contribution in [0, 0.1) is 5.92 Å². The predicted octanol–water partition coefficient (Wildman–Crippen LogP) is 0.375. The molecular weight excluding hydrogens is 276 g/mol. The highest BCUT2D eigenvalue weighted by Gasteiger charge is 2.42. The topological polar surface area (TPSA) is 90.3 Å². The molecule has 0 aromatic rings. The van der Waals surface area contributed by atoms with Crippen molar-refractivity contribution in [3.05, 3.63) is 0 Å². The number of ether oxygens (including phenoxy) is 1. The van der Waals surface area contributed by atoms with Crippen molar-refractivity contribution in [3.8, 4) is 0 Å². The molecule has 2 fully saturated rings. The van der Waals surface area contributed by atoms with Gasteiger partial charge in [-0.1, -0.05) is 0 Å². The summed E-state index contributed by atoms with van der Waals surface area (Å²) in [6, 6.07) is -1.02. The highest BCUT2D eigenvalue weighted by molar-refractivity contribution is 5.83. The van der Waals surface area contributed by atoms with Crippen LogP contribution in [0.4, 0.5) is 4.79 Å². The molecule has 2 heterocycles. The van der Waals surface area contributed by atoms with Crippen LogP contribution in [0.15, 0.2) is 0 Å². The summed E-state index contributed by atoms with van der Waals surface area (Å²) in [5.74, 6) is -0.677. The molecule has 0 aliphatic carbocycles. The number of carboxylic acid groups (broad SMARTS) is 1. The normalized spacial score (nSPS) is 29.7. The number of hydrogen-bond acceptors (Lipinski definition) is 4. The summed E-state index contributed by atoms with van der Waals surface area (Å²) in [5.41, 5.74) is 0. The maximum Gasteiger partial charge on any atom is 0.326 e. The van der Waals surface area contributed by atoms with Gasteiger partial charge in [0.15, 0.2) is 0 Å². The summed E-state index contributed by atoms with van der Waals surface area (Å²) >= 11 is 0. The third-order valence-corrected chi connectivity index (χ3v) is 4.45. The Morgan fingerprint density at radius 1 is 1.33 bits per heavy atom. The minimum atomic E-state index is -0.980. The number of carboxylic acids is 1. The number of aliphatic hydroxyl groups is 1. The van der Waals surface area contributed by atoms with Crippen molar-refractivity contribution in [3.63, 3.8) is 0 Å². The number of aliphatic hydroxyl groups excluding tert-OH is 1. The molecule has 2 aliphatic rings. The van der Waals surface area contributed by atoms with Crippen LogP contribution >= 0.6 is 0 Å². The van der Waals surface area contributed by atoms with Crippen molar-refractivity contribution in [2.75, 3.05) is 33.4 Å². The predicted molar refractivity (Wildman–Crippen MR) is 74.9 cm³/mol. The molecule has 0 radical (unpaired) electrons. The molecule has 0 spiro atoms. The summed E-state index contributed by atoms with van der Waals surface area (Å²) in [4.78, 5) is 27.1.